The molecule has 3 amide bonds. The smallest absolute Gasteiger partial charge is 0.311 e. The maximum atomic E-state index is 12.9. The monoisotopic (exact) mass is 513 g/mol. The third-order valence-corrected chi connectivity index (χ3v) is 6.50. The molecule has 1 saturated heterocycles. The lowest BCUT2D eigenvalue weighted by molar-refractivity contribution is -0.151. The topological polar surface area (TPSA) is 105 Å². The van der Waals surface area contributed by atoms with E-state index in [1.807, 2.05) is 67.6 Å². The summed E-state index contributed by atoms with van der Waals surface area (Å²) >= 11 is 0. The van der Waals surface area contributed by atoms with Crippen LogP contribution in [0.5, 0.6) is 0 Å². The number of esters is 1. The Morgan fingerprint density at radius 3 is 2.34 bits per heavy atom. The first kappa shape index (κ1) is 26.6. The molecule has 0 bridgehead atoms. The molecule has 3 aromatic rings. The van der Waals surface area contributed by atoms with E-state index in [-0.39, 0.29) is 30.8 Å². The lowest BCUT2D eigenvalue weighted by Crippen LogP contribution is -2.30. The first-order chi connectivity index (χ1) is 18.4. The zero-order chi connectivity index (χ0) is 26.9. The number of carbonyl (C=O) groups excluding carboxylic acids is 4. The summed E-state index contributed by atoms with van der Waals surface area (Å²) in [6, 6.07) is 25.8. The van der Waals surface area contributed by atoms with Gasteiger partial charge in [0, 0.05) is 19.5 Å². The van der Waals surface area contributed by atoms with E-state index in [0.29, 0.717) is 24.2 Å². The summed E-state index contributed by atoms with van der Waals surface area (Å²) in [6.07, 6.45) is 0.770. The Hall–Kier alpha value is -4.46. The van der Waals surface area contributed by atoms with Crippen LogP contribution in [0, 0.1) is 5.92 Å². The maximum Gasteiger partial charge on any atom is 0.311 e. The van der Waals surface area contributed by atoms with Gasteiger partial charge in [0.05, 0.1) is 23.2 Å². The van der Waals surface area contributed by atoms with Gasteiger partial charge in [0.15, 0.2) is 6.61 Å². The molecule has 0 radical (unpaired) electrons. The number of ether oxygens (including phenoxy) is 1. The average molecular weight is 514 g/mol. The fourth-order valence-corrected chi connectivity index (χ4v) is 4.39. The molecule has 0 aromatic heterocycles. The van der Waals surface area contributed by atoms with E-state index in [1.165, 1.54) is 0 Å². The number of rotatable bonds is 10. The number of hydrogen-bond donors (Lipinski definition) is 2. The van der Waals surface area contributed by atoms with Crippen LogP contribution in [-0.2, 0) is 25.5 Å². The summed E-state index contributed by atoms with van der Waals surface area (Å²) in [6.45, 7) is 2.16. The Morgan fingerprint density at radius 1 is 0.947 bits per heavy atom. The third-order valence-electron chi connectivity index (χ3n) is 6.50. The van der Waals surface area contributed by atoms with Gasteiger partial charge in [-0.1, -0.05) is 72.8 Å². The van der Waals surface area contributed by atoms with Gasteiger partial charge in [0.1, 0.15) is 0 Å². The summed E-state index contributed by atoms with van der Waals surface area (Å²) in [5.74, 6) is -2.20. The number of benzene rings is 3. The second kappa shape index (κ2) is 12.7. The molecule has 2 N–H and O–H groups in total. The first-order valence-electron chi connectivity index (χ1n) is 12.6. The van der Waals surface area contributed by atoms with Crippen molar-refractivity contribution in [2.24, 2.45) is 5.92 Å². The van der Waals surface area contributed by atoms with Crippen molar-refractivity contribution in [3.05, 3.63) is 102 Å². The lowest BCUT2D eigenvalue weighted by Gasteiger charge is -2.17. The van der Waals surface area contributed by atoms with Crippen molar-refractivity contribution in [3.8, 4) is 0 Å². The number of hydrogen-bond acceptors (Lipinski definition) is 5. The molecule has 1 heterocycles. The minimum Gasteiger partial charge on any atom is -0.455 e. The molecular weight excluding hydrogens is 482 g/mol. The Labute approximate surface area is 222 Å². The largest absolute Gasteiger partial charge is 0.455 e. The average Bonchev–Trinajstić information content (AvgIpc) is 3.32. The normalized spacial score (nSPS) is 15.6. The van der Waals surface area contributed by atoms with Crippen molar-refractivity contribution >= 4 is 29.4 Å². The van der Waals surface area contributed by atoms with Crippen LogP contribution in [0.1, 0.15) is 40.9 Å². The zero-order valence-corrected chi connectivity index (χ0v) is 21.3. The fourth-order valence-electron chi connectivity index (χ4n) is 4.39. The van der Waals surface area contributed by atoms with Crippen molar-refractivity contribution in [3.63, 3.8) is 0 Å². The molecule has 0 aliphatic carbocycles. The van der Waals surface area contributed by atoms with Crippen molar-refractivity contribution in [2.75, 3.05) is 25.0 Å². The highest BCUT2D eigenvalue weighted by Gasteiger charge is 2.35. The number of nitrogens with zero attached hydrogens (tertiary/aromatic N) is 1. The van der Waals surface area contributed by atoms with Gasteiger partial charge >= 0.3 is 5.97 Å². The van der Waals surface area contributed by atoms with E-state index in [0.717, 1.165) is 11.1 Å². The number of likely N-dealkylation sites (tertiary alicyclic amines) is 1. The summed E-state index contributed by atoms with van der Waals surface area (Å²) in [4.78, 5) is 52.0. The number of carbonyl (C=O) groups is 4. The molecule has 1 aliphatic heterocycles. The van der Waals surface area contributed by atoms with Crippen LogP contribution in [0.25, 0.3) is 0 Å². The van der Waals surface area contributed by atoms with Gasteiger partial charge in [0.25, 0.3) is 11.8 Å². The Balaban J connectivity index is 1.26. The standard InChI is InChI=1S/C30H31N3O5/c1-21(23-12-6-3-7-13-23)31-29(36)25-14-8-9-15-26(25)32-27(34)20-38-30(37)24-18-28(35)33(19-24)17-16-22-10-4-2-5-11-22/h2-15,21,24H,16-20H2,1H3,(H,31,36)(H,32,34). The van der Waals surface area contributed by atoms with Gasteiger partial charge in [-0.15, -0.1) is 0 Å². The van der Waals surface area contributed by atoms with E-state index >= 15 is 0 Å². The van der Waals surface area contributed by atoms with Crippen LogP contribution < -0.4 is 10.6 Å². The number of nitrogens with one attached hydrogen (secondary N) is 2. The highest BCUT2D eigenvalue weighted by Crippen LogP contribution is 2.21. The summed E-state index contributed by atoms with van der Waals surface area (Å²) in [7, 11) is 0. The molecule has 3 aromatic carbocycles. The van der Waals surface area contributed by atoms with Gasteiger partial charge in [-0.2, -0.15) is 0 Å². The van der Waals surface area contributed by atoms with Crippen molar-refractivity contribution in [2.45, 2.75) is 25.8 Å². The second-order valence-corrected chi connectivity index (χ2v) is 9.28. The minimum atomic E-state index is -0.608. The highest BCUT2D eigenvalue weighted by atomic mass is 16.5. The predicted octanol–water partition coefficient (Wildman–Crippen LogP) is 3.75. The van der Waals surface area contributed by atoms with Crippen LogP contribution in [0.2, 0.25) is 0 Å². The quantitative estimate of drug-likeness (QED) is 0.402. The molecule has 0 saturated carbocycles. The van der Waals surface area contributed by atoms with Gasteiger partial charge < -0.3 is 20.3 Å². The van der Waals surface area contributed by atoms with Crippen molar-refractivity contribution in [1.82, 2.24) is 10.2 Å². The third kappa shape index (κ3) is 7.06. The van der Waals surface area contributed by atoms with Crippen LogP contribution in [0.3, 0.4) is 0 Å². The molecule has 8 heteroatoms. The predicted molar refractivity (Wildman–Crippen MR) is 143 cm³/mol. The number of amides is 3. The molecule has 8 nitrogen and oxygen atoms in total. The summed E-state index contributed by atoms with van der Waals surface area (Å²) in [5.41, 5.74) is 2.68. The van der Waals surface area contributed by atoms with Crippen LogP contribution >= 0.6 is 0 Å². The molecule has 2 unspecified atom stereocenters. The Kier molecular flexibility index (Phi) is 8.87. The van der Waals surface area contributed by atoms with E-state index in [1.54, 1.807) is 29.2 Å². The zero-order valence-electron chi connectivity index (χ0n) is 21.3. The molecule has 1 fully saturated rings. The number of anilines is 1. The molecule has 0 spiro atoms. The molecule has 2 atom stereocenters. The summed E-state index contributed by atoms with van der Waals surface area (Å²) < 4.78 is 5.21. The number of para-hydroxylation sites is 1. The maximum absolute atomic E-state index is 12.9. The molecule has 4 rings (SSSR count). The van der Waals surface area contributed by atoms with E-state index < -0.39 is 24.4 Å². The lowest BCUT2D eigenvalue weighted by atomic mass is 10.1. The van der Waals surface area contributed by atoms with Gasteiger partial charge in [-0.25, -0.2) is 0 Å². The van der Waals surface area contributed by atoms with Gasteiger partial charge in [0.2, 0.25) is 5.91 Å². The minimum absolute atomic E-state index is 0.0673. The highest BCUT2D eigenvalue weighted by molar-refractivity contribution is 6.04. The summed E-state index contributed by atoms with van der Waals surface area (Å²) in [5, 5.41) is 5.58. The molecule has 1 aliphatic rings. The Morgan fingerprint density at radius 2 is 1.61 bits per heavy atom. The van der Waals surface area contributed by atoms with Crippen LogP contribution in [-0.4, -0.2) is 48.3 Å². The van der Waals surface area contributed by atoms with Crippen molar-refractivity contribution < 1.29 is 23.9 Å². The molecular formula is C30H31N3O5. The Bertz CT molecular complexity index is 1280. The van der Waals surface area contributed by atoms with Gasteiger partial charge in [-0.3, -0.25) is 19.2 Å². The van der Waals surface area contributed by atoms with E-state index in [4.69, 9.17) is 4.74 Å². The van der Waals surface area contributed by atoms with E-state index in [2.05, 4.69) is 10.6 Å². The fraction of sp³-hybridized carbons (Fsp3) is 0.267. The molecule has 196 valence electrons. The van der Waals surface area contributed by atoms with E-state index in [9.17, 15) is 19.2 Å². The SMILES string of the molecule is CC(NC(=O)c1ccccc1NC(=O)COC(=O)C1CC(=O)N(CCc2ccccc2)C1)c1ccccc1. The van der Waals surface area contributed by atoms with Crippen LogP contribution in [0.4, 0.5) is 5.69 Å². The van der Waals surface area contributed by atoms with Gasteiger partial charge in [-0.05, 0) is 36.6 Å². The van der Waals surface area contributed by atoms with Crippen LogP contribution in [0.15, 0.2) is 84.9 Å². The second-order valence-electron chi connectivity index (χ2n) is 9.28. The molecule has 38 heavy (non-hydrogen) atoms. The first-order valence-corrected chi connectivity index (χ1v) is 12.6. The van der Waals surface area contributed by atoms with Crippen molar-refractivity contribution in [1.29, 1.82) is 0 Å².